The van der Waals surface area contributed by atoms with Crippen molar-refractivity contribution in [1.29, 1.82) is 5.26 Å². The zero-order valence-corrected chi connectivity index (χ0v) is 25.2. The predicted molar refractivity (Wildman–Crippen MR) is 168 cm³/mol. The minimum Gasteiger partial charge on any atom is -0.371 e. The topological polar surface area (TPSA) is 94.7 Å². The Labute approximate surface area is 263 Å². The molecule has 2 N–H and O–H groups in total. The first-order valence-corrected chi connectivity index (χ1v) is 15.0. The first kappa shape index (κ1) is 29.8. The van der Waals surface area contributed by atoms with Gasteiger partial charge in [0.15, 0.2) is 0 Å². The zero-order chi connectivity index (χ0) is 30.8. The summed E-state index contributed by atoms with van der Waals surface area (Å²) in [6, 6.07) is 15.7. The quantitative estimate of drug-likeness (QED) is 0.180. The van der Waals surface area contributed by atoms with E-state index >= 15 is 0 Å². The lowest BCUT2D eigenvalue weighted by Gasteiger charge is -2.30. The van der Waals surface area contributed by atoms with Gasteiger partial charge in [0.2, 0.25) is 0 Å². The lowest BCUT2D eigenvalue weighted by Crippen LogP contribution is -2.34. The highest BCUT2D eigenvalue weighted by Gasteiger charge is 2.25. The molecule has 0 saturated carbocycles. The van der Waals surface area contributed by atoms with Gasteiger partial charge < -0.3 is 15.5 Å². The number of nitrogens with zero attached hydrogens (tertiary/aromatic N) is 6. The summed E-state index contributed by atoms with van der Waals surface area (Å²) in [6.07, 6.45) is 5.35. The van der Waals surface area contributed by atoms with Crippen LogP contribution in [0.25, 0.3) is 10.9 Å². The van der Waals surface area contributed by atoms with Crippen LogP contribution >= 0.6 is 23.2 Å². The number of benzene rings is 3. The summed E-state index contributed by atoms with van der Waals surface area (Å²) in [5.74, 6) is -0.906. The third-order valence-electron chi connectivity index (χ3n) is 7.95. The Morgan fingerprint density at radius 1 is 1.07 bits per heavy atom. The van der Waals surface area contributed by atoms with Crippen LogP contribution in [0.5, 0.6) is 0 Å². The first-order valence-electron chi connectivity index (χ1n) is 14.2. The van der Waals surface area contributed by atoms with Gasteiger partial charge in [0.05, 0.1) is 45.8 Å². The maximum absolute atomic E-state index is 13.9. The molecule has 0 spiro atoms. The van der Waals surface area contributed by atoms with E-state index in [1.165, 1.54) is 36.5 Å². The van der Waals surface area contributed by atoms with Crippen LogP contribution in [0.1, 0.15) is 48.7 Å². The van der Waals surface area contributed by atoms with Gasteiger partial charge in [0, 0.05) is 35.4 Å². The van der Waals surface area contributed by atoms with Gasteiger partial charge in [-0.2, -0.15) is 5.26 Å². The average molecular weight is 634 g/mol. The number of halogens is 4. The molecular weight excluding hydrogens is 605 g/mol. The number of fused-ring (bicyclic) bond motifs is 1. The van der Waals surface area contributed by atoms with E-state index in [-0.39, 0.29) is 22.4 Å². The smallest absolute Gasteiger partial charge is 0.141 e. The van der Waals surface area contributed by atoms with E-state index < -0.39 is 11.9 Å². The molecule has 3 aromatic carbocycles. The molecule has 0 aliphatic carbocycles. The van der Waals surface area contributed by atoms with Gasteiger partial charge in [-0.15, -0.1) is 5.10 Å². The van der Waals surface area contributed by atoms with Crippen molar-refractivity contribution < 1.29 is 8.78 Å². The third kappa shape index (κ3) is 6.17. The van der Waals surface area contributed by atoms with Crippen molar-refractivity contribution in [2.45, 2.75) is 31.8 Å². The van der Waals surface area contributed by atoms with E-state index in [1.54, 1.807) is 24.3 Å². The number of aromatic nitrogens is 4. The SMILES string of the molecule is CCN1CCC(n2cc([C@H](Nc3cc(Cl)cc4c(Nc5ccc(F)c(Cl)c5)c(C#N)cnc34)c3ccc(F)cc3)nn2)CC1. The van der Waals surface area contributed by atoms with Crippen LogP contribution in [0.3, 0.4) is 0 Å². The van der Waals surface area contributed by atoms with Gasteiger partial charge >= 0.3 is 0 Å². The molecule has 8 nitrogen and oxygen atoms in total. The minimum absolute atomic E-state index is 0.0571. The fraction of sp³-hybridized carbons (Fsp3) is 0.250. The highest BCUT2D eigenvalue weighted by Crippen LogP contribution is 2.38. The van der Waals surface area contributed by atoms with Gasteiger partial charge in [-0.05, 0) is 67.4 Å². The van der Waals surface area contributed by atoms with Crippen molar-refractivity contribution in [3.05, 3.63) is 105 Å². The molecule has 44 heavy (non-hydrogen) atoms. The summed E-state index contributed by atoms with van der Waals surface area (Å²) in [4.78, 5) is 7.02. The second-order valence-corrected chi connectivity index (χ2v) is 11.5. The van der Waals surface area contributed by atoms with Crippen molar-refractivity contribution >= 4 is 51.2 Å². The molecule has 3 heterocycles. The number of anilines is 3. The fourth-order valence-corrected chi connectivity index (χ4v) is 5.95. The molecule has 6 rings (SSSR count). The van der Waals surface area contributed by atoms with E-state index in [4.69, 9.17) is 23.2 Å². The number of hydrogen-bond acceptors (Lipinski definition) is 7. The van der Waals surface area contributed by atoms with E-state index in [0.717, 1.165) is 38.0 Å². The Morgan fingerprint density at radius 2 is 1.84 bits per heavy atom. The number of hydrogen-bond donors (Lipinski definition) is 2. The number of piperidine rings is 1. The number of pyridine rings is 1. The molecule has 1 atom stereocenters. The lowest BCUT2D eigenvalue weighted by molar-refractivity contribution is 0.186. The van der Waals surface area contributed by atoms with Crippen molar-refractivity contribution in [1.82, 2.24) is 24.9 Å². The Kier molecular flexibility index (Phi) is 8.62. The molecule has 1 aliphatic heterocycles. The molecule has 0 bridgehead atoms. The Bertz CT molecular complexity index is 1850. The average Bonchev–Trinajstić information content (AvgIpc) is 3.52. The monoisotopic (exact) mass is 632 g/mol. The largest absolute Gasteiger partial charge is 0.371 e. The van der Waals surface area contributed by atoms with E-state index in [0.29, 0.717) is 38.7 Å². The Morgan fingerprint density at radius 3 is 2.55 bits per heavy atom. The van der Waals surface area contributed by atoms with Crippen molar-refractivity contribution in [3.63, 3.8) is 0 Å². The molecule has 5 aromatic rings. The van der Waals surface area contributed by atoms with Crippen LogP contribution in [0.15, 0.2) is 67.0 Å². The fourth-order valence-electron chi connectivity index (χ4n) is 5.56. The molecule has 0 unspecified atom stereocenters. The van der Waals surface area contributed by atoms with Crippen LogP contribution in [-0.4, -0.2) is 44.5 Å². The summed E-state index contributed by atoms with van der Waals surface area (Å²) < 4.78 is 29.7. The van der Waals surface area contributed by atoms with Crippen LogP contribution < -0.4 is 10.6 Å². The Balaban J connectivity index is 1.40. The lowest BCUT2D eigenvalue weighted by atomic mass is 10.0. The molecule has 2 aromatic heterocycles. The molecule has 224 valence electrons. The van der Waals surface area contributed by atoms with Crippen LogP contribution in [0.4, 0.5) is 25.8 Å². The van der Waals surface area contributed by atoms with E-state index in [1.807, 2.05) is 10.9 Å². The van der Waals surface area contributed by atoms with Crippen molar-refractivity contribution in [3.8, 4) is 6.07 Å². The molecule has 12 heteroatoms. The number of rotatable bonds is 8. The predicted octanol–water partition coefficient (Wildman–Crippen LogP) is 7.88. The molecular formula is C32H28Cl2F2N8. The van der Waals surface area contributed by atoms with Crippen LogP contribution in [-0.2, 0) is 0 Å². The Hall–Kier alpha value is -4.30. The van der Waals surface area contributed by atoms with Gasteiger partial charge in [-0.25, -0.2) is 13.5 Å². The molecule has 1 saturated heterocycles. The maximum Gasteiger partial charge on any atom is 0.141 e. The molecule has 0 amide bonds. The second kappa shape index (κ2) is 12.7. The summed E-state index contributed by atoms with van der Waals surface area (Å²) in [5.41, 5.74) is 3.69. The first-order chi connectivity index (χ1) is 21.3. The zero-order valence-electron chi connectivity index (χ0n) is 23.7. The summed E-state index contributed by atoms with van der Waals surface area (Å²) in [5, 5.41) is 26.5. The highest BCUT2D eigenvalue weighted by molar-refractivity contribution is 6.32. The molecule has 1 aliphatic rings. The van der Waals surface area contributed by atoms with Gasteiger partial charge in [0.25, 0.3) is 0 Å². The minimum atomic E-state index is -0.554. The number of likely N-dealkylation sites (tertiary alicyclic amines) is 1. The maximum atomic E-state index is 13.9. The highest BCUT2D eigenvalue weighted by atomic mass is 35.5. The van der Waals surface area contributed by atoms with Crippen LogP contribution in [0.2, 0.25) is 10.0 Å². The summed E-state index contributed by atoms with van der Waals surface area (Å²) >= 11 is 12.6. The van der Waals surface area contributed by atoms with E-state index in [9.17, 15) is 14.0 Å². The standard InChI is InChI=1S/C32H28Cl2F2N8/c1-2-43-11-9-24(10-12-43)44-18-29(41-42-44)31(19-3-5-22(35)6-4-19)40-28-14-21(33)13-25-30(20(16-37)17-38-32(25)28)39-23-7-8-27(36)26(34)15-23/h3-8,13-15,17-18,24,31,40H,2,9-12H2,1H3,(H,38,39)/t31-/m1/s1. The van der Waals surface area contributed by atoms with Crippen LogP contribution in [0, 0.1) is 23.0 Å². The van der Waals surface area contributed by atoms with Gasteiger partial charge in [-0.1, -0.05) is 47.5 Å². The van der Waals surface area contributed by atoms with Crippen molar-refractivity contribution in [2.75, 3.05) is 30.3 Å². The summed E-state index contributed by atoms with van der Waals surface area (Å²) in [7, 11) is 0. The van der Waals surface area contributed by atoms with E-state index in [2.05, 4.69) is 43.8 Å². The number of nitriles is 1. The molecule has 0 radical (unpaired) electrons. The normalized spacial score (nSPS) is 14.8. The van der Waals surface area contributed by atoms with Gasteiger partial charge in [0.1, 0.15) is 23.4 Å². The summed E-state index contributed by atoms with van der Waals surface area (Å²) in [6.45, 7) is 5.20. The number of nitrogens with one attached hydrogen (secondary N) is 2. The van der Waals surface area contributed by atoms with Crippen molar-refractivity contribution in [2.24, 2.45) is 0 Å². The molecule has 1 fully saturated rings. The second-order valence-electron chi connectivity index (χ2n) is 10.7. The third-order valence-corrected chi connectivity index (χ3v) is 8.46. The van der Waals surface area contributed by atoms with Gasteiger partial charge in [-0.3, -0.25) is 4.98 Å².